The highest BCUT2D eigenvalue weighted by Gasteiger charge is 2.26. The van der Waals surface area contributed by atoms with E-state index in [0.29, 0.717) is 17.3 Å². The molecule has 0 spiro atoms. The minimum absolute atomic E-state index is 0.116. The first kappa shape index (κ1) is 20.1. The lowest BCUT2D eigenvalue weighted by molar-refractivity contribution is 0.0989. The largest absolute Gasteiger partial charge is 0.294 e. The molecule has 0 unspecified atom stereocenters. The van der Waals surface area contributed by atoms with Crippen LogP contribution >= 0.6 is 11.8 Å². The second kappa shape index (κ2) is 8.56. The number of Topliss-reactive ketones (excluding diaryl/α,β-unsaturated/α-hetero) is 1. The molecule has 3 rings (SSSR count). The van der Waals surface area contributed by atoms with Crippen molar-refractivity contribution in [2.75, 3.05) is 5.75 Å². The van der Waals surface area contributed by atoms with E-state index < -0.39 is 34.0 Å². The number of halogens is 5. The van der Waals surface area contributed by atoms with E-state index in [0.717, 1.165) is 11.1 Å². The number of benzene rings is 3. The van der Waals surface area contributed by atoms with Crippen LogP contribution < -0.4 is 0 Å². The average Bonchev–Trinajstić information content (AvgIpc) is 2.74. The van der Waals surface area contributed by atoms with Crippen molar-refractivity contribution in [1.82, 2.24) is 0 Å². The van der Waals surface area contributed by atoms with Crippen molar-refractivity contribution in [3.05, 3.63) is 89.2 Å². The Morgan fingerprint density at radius 2 is 1.18 bits per heavy atom. The van der Waals surface area contributed by atoms with Gasteiger partial charge in [-0.15, -0.1) is 11.8 Å². The molecular weight excluding hydrogens is 395 g/mol. The van der Waals surface area contributed by atoms with E-state index in [1.165, 1.54) is 0 Å². The Hall–Kier alpha value is -2.67. The summed E-state index contributed by atoms with van der Waals surface area (Å²) in [7, 11) is 0. The predicted molar refractivity (Wildman–Crippen MR) is 97.8 cm³/mol. The normalized spacial score (nSPS) is 10.9. The molecule has 0 atom stereocenters. The molecule has 7 heteroatoms. The van der Waals surface area contributed by atoms with Crippen LogP contribution in [0.15, 0.2) is 59.5 Å². The van der Waals surface area contributed by atoms with Gasteiger partial charge in [0.25, 0.3) is 0 Å². The molecule has 0 fully saturated rings. The van der Waals surface area contributed by atoms with Crippen molar-refractivity contribution in [3.8, 4) is 11.1 Å². The molecule has 1 nitrogen and oxygen atoms in total. The van der Waals surface area contributed by atoms with Crippen LogP contribution in [0, 0.1) is 29.1 Å². The summed E-state index contributed by atoms with van der Waals surface area (Å²) < 4.78 is 66.7. The van der Waals surface area contributed by atoms with Crippen LogP contribution in [0.4, 0.5) is 22.0 Å². The monoisotopic (exact) mass is 408 g/mol. The van der Waals surface area contributed by atoms with E-state index in [1.807, 2.05) is 30.3 Å². The fraction of sp³-hybridized carbons (Fsp3) is 0.0952. The SMILES string of the molecule is O=C(CCSc1c(F)c(F)c(F)c(F)c1F)c1ccc(-c2ccccc2)cc1. The van der Waals surface area contributed by atoms with Crippen molar-refractivity contribution >= 4 is 17.5 Å². The summed E-state index contributed by atoms with van der Waals surface area (Å²) in [6.45, 7) is 0. The zero-order chi connectivity index (χ0) is 20.3. The first-order valence-electron chi connectivity index (χ1n) is 8.23. The Bertz CT molecular complexity index is 975. The van der Waals surface area contributed by atoms with E-state index in [2.05, 4.69) is 0 Å². The lowest BCUT2D eigenvalue weighted by atomic mass is 10.0. The van der Waals surface area contributed by atoms with E-state index in [-0.39, 0.29) is 18.0 Å². The maximum atomic E-state index is 13.6. The smallest absolute Gasteiger partial charge is 0.200 e. The van der Waals surface area contributed by atoms with Gasteiger partial charge in [-0.25, -0.2) is 22.0 Å². The van der Waals surface area contributed by atoms with Crippen molar-refractivity contribution < 1.29 is 26.7 Å². The number of thioether (sulfide) groups is 1. The topological polar surface area (TPSA) is 17.1 Å². The molecule has 3 aromatic rings. The van der Waals surface area contributed by atoms with Crippen LogP contribution in [0.25, 0.3) is 11.1 Å². The third-order valence-electron chi connectivity index (χ3n) is 4.06. The van der Waals surface area contributed by atoms with Gasteiger partial charge in [-0.3, -0.25) is 4.79 Å². The molecule has 28 heavy (non-hydrogen) atoms. The van der Waals surface area contributed by atoms with Crippen molar-refractivity contribution in [2.45, 2.75) is 11.3 Å². The van der Waals surface area contributed by atoms with E-state index >= 15 is 0 Å². The average molecular weight is 408 g/mol. The third-order valence-corrected chi connectivity index (χ3v) is 5.11. The number of carbonyl (C=O) groups excluding carboxylic acids is 1. The first-order chi connectivity index (χ1) is 13.4. The Labute approximate surface area is 162 Å². The summed E-state index contributed by atoms with van der Waals surface area (Å²) in [5, 5.41) is 0. The number of ketones is 1. The second-order valence-corrected chi connectivity index (χ2v) is 6.97. The summed E-state index contributed by atoms with van der Waals surface area (Å²) in [5.41, 5.74) is 2.31. The van der Waals surface area contributed by atoms with Crippen molar-refractivity contribution in [2.24, 2.45) is 0 Å². The summed E-state index contributed by atoms with van der Waals surface area (Å²) in [5.74, 6) is -10.4. The van der Waals surface area contributed by atoms with E-state index in [1.54, 1.807) is 24.3 Å². The number of hydrogen-bond acceptors (Lipinski definition) is 2. The summed E-state index contributed by atoms with van der Waals surface area (Å²) >= 11 is 0.416. The van der Waals surface area contributed by atoms with E-state index in [4.69, 9.17) is 0 Å². The molecule has 144 valence electrons. The van der Waals surface area contributed by atoms with Crippen LogP contribution in [-0.2, 0) is 0 Å². The predicted octanol–water partition coefficient (Wildman–Crippen LogP) is 6.41. The zero-order valence-electron chi connectivity index (χ0n) is 14.3. The van der Waals surface area contributed by atoms with E-state index in [9.17, 15) is 26.7 Å². The fourth-order valence-corrected chi connectivity index (χ4v) is 3.51. The third kappa shape index (κ3) is 4.09. The minimum atomic E-state index is -2.20. The van der Waals surface area contributed by atoms with Gasteiger partial charge >= 0.3 is 0 Å². The Morgan fingerprint density at radius 1 is 0.679 bits per heavy atom. The maximum Gasteiger partial charge on any atom is 0.200 e. The lowest BCUT2D eigenvalue weighted by Gasteiger charge is -2.08. The van der Waals surface area contributed by atoms with Gasteiger partial charge in [0, 0.05) is 17.7 Å². The highest BCUT2D eigenvalue weighted by molar-refractivity contribution is 7.99. The molecule has 0 aliphatic heterocycles. The summed E-state index contributed by atoms with van der Waals surface area (Å²) in [4.78, 5) is 11.2. The number of carbonyl (C=O) groups is 1. The molecule has 0 bridgehead atoms. The summed E-state index contributed by atoms with van der Waals surface area (Å²) in [6, 6.07) is 16.4. The molecular formula is C21H13F5OS. The molecule has 0 saturated carbocycles. The molecule has 3 aromatic carbocycles. The van der Waals surface area contributed by atoms with Gasteiger partial charge in [-0.05, 0) is 11.1 Å². The van der Waals surface area contributed by atoms with Crippen LogP contribution in [0.3, 0.4) is 0 Å². The van der Waals surface area contributed by atoms with Crippen LogP contribution in [0.2, 0.25) is 0 Å². The van der Waals surface area contributed by atoms with Crippen molar-refractivity contribution in [1.29, 1.82) is 0 Å². The molecule has 0 radical (unpaired) electrons. The molecule has 0 heterocycles. The second-order valence-electron chi connectivity index (χ2n) is 5.86. The van der Waals surface area contributed by atoms with Gasteiger partial charge in [0.05, 0.1) is 4.90 Å². The summed E-state index contributed by atoms with van der Waals surface area (Å²) in [6.07, 6.45) is -0.116. The molecule has 0 aliphatic rings. The molecule has 0 aliphatic carbocycles. The maximum absolute atomic E-state index is 13.6. The van der Waals surface area contributed by atoms with Crippen LogP contribution in [0.1, 0.15) is 16.8 Å². The van der Waals surface area contributed by atoms with Gasteiger partial charge in [-0.1, -0.05) is 54.6 Å². The lowest BCUT2D eigenvalue weighted by Crippen LogP contribution is -2.05. The highest BCUT2D eigenvalue weighted by Crippen LogP contribution is 2.31. The van der Waals surface area contributed by atoms with Gasteiger partial charge in [0.1, 0.15) is 0 Å². The van der Waals surface area contributed by atoms with Gasteiger partial charge in [0.2, 0.25) is 5.82 Å². The molecule has 0 aromatic heterocycles. The molecule has 0 saturated heterocycles. The zero-order valence-corrected chi connectivity index (χ0v) is 15.1. The highest BCUT2D eigenvalue weighted by atomic mass is 32.2. The Kier molecular flexibility index (Phi) is 6.14. The standard InChI is InChI=1S/C21H13F5OS/c22-16-17(23)19(25)21(20(26)18(16)24)28-11-10-15(27)14-8-6-13(7-9-14)12-4-2-1-3-5-12/h1-9H,10-11H2. The molecule has 0 N–H and O–H groups in total. The van der Waals surface area contributed by atoms with Gasteiger partial charge in [-0.2, -0.15) is 0 Å². The van der Waals surface area contributed by atoms with Crippen LogP contribution in [-0.4, -0.2) is 11.5 Å². The molecule has 0 amide bonds. The van der Waals surface area contributed by atoms with Gasteiger partial charge in [0.15, 0.2) is 29.1 Å². The fourth-order valence-electron chi connectivity index (χ4n) is 2.58. The quantitative estimate of drug-likeness (QED) is 0.154. The minimum Gasteiger partial charge on any atom is -0.294 e. The van der Waals surface area contributed by atoms with Crippen LogP contribution in [0.5, 0.6) is 0 Å². The Morgan fingerprint density at radius 3 is 1.75 bits per heavy atom. The first-order valence-corrected chi connectivity index (χ1v) is 9.21. The number of hydrogen-bond donors (Lipinski definition) is 0. The van der Waals surface area contributed by atoms with Crippen molar-refractivity contribution in [3.63, 3.8) is 0 Å². The van der Waals surface area contributed by atoms with Gasteiger partial charge < -0.3 is 0 Å². The number of rotatable bonds is 6. The Balaban J connectivity index is 1.65.